The van der Waals surface area contributed by atoms with E-state index in [0.29, 0.717) is 28.4 Å². The standard InChI is InChI=1S/C18H18ClN3O2S/c1-22(2)17-12(19)4-3-5-13(17)21-18(24)11-6-7-15-14(10-11)20-16(23)8-9-25-15/h3-7,10H,8-9H2,1-2H3,(H,20,23)(H,21,24). The van der Waals surface area contributed by atoms with Crippen LogP contribution in [0.25, 0.3) is 0 Å². The number of amides is 2. The maximum atomic E-state index is 12.7. The number of hydrogen-bond acceptors (Lipinski definition) is 4. The molecule has 0 spiro atoms. The number of hydrogen-bond donors (Lipinski definition) is 2. The Morgan fingerprint density at radius 3 is 2.84 bits per heavy atom. The Bertz CT molecular complexity index is 839. The number of halogens is 1. The molecule has 3 rings (SSSR count). The lowest BCUT2D eigenvalue weighted by Crippen LogP contribution is -2.17. The van der Waals surface area contributed by atoms with Gasteiger partial charge in [0.05, 0.1) is 22.1 Å². The Kier molecular flexibility index (Phi) is 5.20. The number of thioether (sulfide) groups is 1. The van der Waals surface area contributed by atoms with Gasteiger partial charge in [0.2, 0.25) is 5.91 Å². The van der Waals surface area contributed by atoms with E-state index in [-0.39, 0.29) is 11.8 Å². The second-order valence-corrected chi connectivity index (χ2v) is 7.39. The third-order valence-corrected chi connectivity index (χ3v) is 5.16. The number of nitrogens with zero attached hydrogens (tertiary/aromatic N) is 1. The van der Waals surface area contributed by atoms with Crippen LogP contribution in [0.1, 0.15) is 16.8 Å². The van der Waals surface area contributed by atoms with Gasteiger partial charge in [-0.2, -0.15) is 0 Å². The molecule has 25 heavy (non-hydrogen) atoms. The topological polar surface area (TPSA) is 61.4 Å². The van der Waals surface area contributed by atoms with Crippen LogP contribution in [-0.4, -0.2) is 31.7 Å². The van der Waals surface area contributed by atoms with Crippen molar-refractivity contribution < 1.29 is 9.59 Å². The van der Waals surface area contributed by atoms with Crippen LogP contribution in [0.3, 0.4) is 0 Å². The van der Waals surface area contributed by atoms with E-state index in [1.54, 1.807) is 42.1 Å². The van der Waals surface area contributed by atoms with Gasteiger partial charge in [-0.05, 0) is 30.3 Å². The molecule has 2 N–H and O–H groups in total. The van der Waals surface area contributed by atoms with E-state index in [2.05, 4.69) is 10.6 Å². The van der Waals surface area contributed by atoms with Gasteiger partial charge in [-0.25, -0.2) is 0 Å². The minimum atomic E-state index is -0.253. The van der Waals surface area contributed by atoms with Crippen LogP contribution in [0.5, 0.6) is 0 Å². The molecular weight excluding hydrogens is 358 g/mol. The van der Waals surface area contributed by atoms with Crippen molar-refractivity contribution in [3.05, 3.63) is 47.0 Å². The molecule has 1 heterocycles. The maximum Gasteiger partial charge on any atom is 0.255 e. The van der Waals surface area contributed by atoms with Crippen LogP contribution in [0.2, 0.25) is 5.02 Å². The highest BCUT2D eigenvalue weighted by atomic mass is 35.5. The number of nitrogens with one attached hydrogen (secondary N) is 2. The molecule has 2 aromatic carbocycles. The summed E-state index contributed by atoms with van der Waals surface area (Å²) in [6, 6.07) is 10.7. The first-order valence-corrected chi connectivity index (χ1v) is 9.16. The van der Waals surface area contributed by atoms with Crippen molar-refractivity contribution in [1.29, 1.82) is 0 Å². The fourth-order valence-electron chi connectivity index (χ4n) is 2.63. The van der Waals surface area contributed by atoms with E-state index in [4.69, 9.17) is 11.6 Å². The minimum Gasteiger partial charge on any atom is -0.375 e. The average molecular weight is 376 g/mol. The average Bonchev–Trinajstić information content (AvgIpc) is 2.74. The predicted molar refractivity (Wildman–Crippen MR) is 104 cm³/mol. The molecule has 0 fully saturated rings. The van der Waals surface area contributed by atoms with E-state index in [1.165, 1.54) is 0 Å². The molecule has 130 valence electrons. The molecule has 1 aliphatic heterocycles. The fourth-order valence-corrected chi connectivity index (χ4v) is 3.91. The zero-order chi connectivity index (χ0) is 18.0. The van der Waals surface area contributed by atoms with Crippen LogP contribution in [0.4, 0.5) is 17.1 Å². The molecule has 2 amide bonds. The van der Waals surface area contributed by atoms with E-state index >= 15 is 0 Å². The molecular formula is C18H18ClN3O2S. The summed E-state index contributed by atoms with van der Waals surface area (Å²) in [6.45, 7) is 0. The second kappa shape index (κ2) is 7.37. The first-order chi connectivity index (χ1) is 12.0. The number of anilines is 3. The minimum absolute atomic E-state index is 0.0338. The highest BCUT2D eigenvalue weighted by Gasteiger charge is 2.17. The maximum absolute atomic E-state index is 12.7. The molecule has 0 radical (unpaired) electrons. The van der Waals surface area contributed by atoms with Crippen molar-refractivity contribution in [2.75, 3.05) is 35.4 Å². The number of carbonyl (C=O) groups excluding carboxylic acids is 2. The quantitative estimate of drug-likeness (QED) is 0.848. The van der Waals surface area contributed by atoms with Gasteiger partial charge < -0.3 is 15.5 Å². The van der Waals surface area contributed by atoms with E-state index in [1.807, 2.05) is 25.1 Å². The summed E-state index contributed by atoms with van der Waals surface area (Å²) in [7, 11) is 3.73. The van der Waals surface area contributed by atoms with Gasteiger partial charge in [-0.1, -0.05) is 17.7 Å². The summed E-state index contributed by atoms with van der Waals surface area (Å²) in [5, 5.41) is 6.31. The highest BCUT2D eigenvalue weighted by molar-refractivity contribution is 7.99. The lowest BCUT2D eigenvalue weighted by molar-refractivity contribution is -0.115. The van der Waals surface area contributed by atoms with Crippen LogP contribution < -0.4 is 15.5 Å². The van der Waals surface area contributed by atoms with E-state index < -0.39 is 0 Å². The zero-order valence-corrected chi connectivity index (χ0v) is 15.5. The first kappa shape index (κ1) is 17.6. The third kappa shape index (κ3) is 3.91. The highest BCUT2D eigenvalue weighted by Crippen LogP contribution is 2.34. The van der Waals surface area contributed by atoms with Gasteiger partial charge in [-0.15, -0.1) is 11.8 Å². The molecule has 5 nitrogen and oxygen atoms in total. The summed E-state index contributed by atoms with van der Waals surface area (Å²) in [5.41, 5.74) is 2.54. The summed E-state index contributed by atoms with van der Waals surface area (Å²) in [5.74, 6) is 0.448. The Morgan fingerprint density at radius 1 is 1.28 bits per heavy atom. The number of para-hydroxylation sites is 1. The molecule has 0 aliphatic carbocycles. The van der Waals surface area contributed by atoms with Gasteiger partial charge in [0.1, 0.15) is 0 Å². The van der Waals surface area contributed by atoms with Crippen molar-refractivity contribution in [1.82, 2.24) is 0 Å². The van der Waals surface area contributed by atoms with Crippen LogP contribution >= 0.6 is 23.4 Å². The fraction of sp³-hybridized carbons (Fsp3) is 0.222. The molecule has 0 atom stereocenters. The SMILES string of the molecule is CN(C)c1c(Cl)cccc1NC(=O)c1ccc2c(c1)NC(=O)CCS2. The van der Waals surface area contributed by atoms with E-state index in [0.717, 1.165) is 16.3 Å². The Hall–Kier alpha value is -2.18. The summed E-state index contributed by atoms with van der Waals surface area (Å²) >= 11 is 7.85. The molecule has 0 aromatic heterocycles. The largest absolute Gasteiger partial charge is 0.375 e. The summed E-state index contributed by atoms with van der Waals surface area (Å²) in [6.07, 6.45) is 0.468. The molecule has 0 saturated heterocycles. The number of fused-ring (bicyclic) bond motifs is 1. The number of benzene rings is 2. The summed E-state index contributed by atoms with van der Waals surface area (Å²) < 4.78 is 0. The normalized spacial score (nSPS) is 13.5. The van der Waals surface area contributed by atoms with E-state index in [9.17, 15) is 9.59 Å². The summed E-state index contributed by atoms with van der Waals surface area (Å²) in [4.78, 5) is 27.2. The predicted octanol–water partition coefficient (Wildman–Crippen LogP) is 4.09. The Morgan fingerprint density at radius 2 is 2.08 bits per heavy atom. The third-order valence-electron chi connectivity index (χ3n) is 3.78. The number of carbonyl (C=O) groups is 2. The molecule has 0 saturated carbocycles. The van der Waals surface area contributed by atoms with Crippen molar-refractivity contribution in [3.8, 4) is 0 Å². The van der Waals surface area contributed by atoms with Crippen LogP contribution in [0, 0.1) is 0 Å². The second-order valence-electron chi connectivity index (χ2n) is 5.84. The van der Waals surface area contributed by atoms with Crippen molar-refractivity contribution in [3.63, 3.8) is 0 Å². The van der Waals surface area contributed by atoms with Gasteiger partial charge in [0.15, 0.2) is 0 Å². The molecule has 2 aromatic rings. The smallest absolute Gasteiger partial charge is 0.255 e. The van der Waals surface area contributed by atoms with Crippen molar-refractivity contribution in [2.45, 2.75) is 11.3 Å². The van der Waals surface area contributed by atoms with Gasteiger partial charge in [0, 0.05) is 36.7 Å². The van der Waals surface area contributed by atoms with Crippen molar-refractivity contribution in [2.24, 2.45) is 0 Å². The zero-order valence-electron chi connectivity index (χ0n) is 13.9. The molecule has 1 aliphatic rings. The lowest BCUT2D eigenvalue weighted by Gasteiger charge is -2.19. The van der Waals surface area contributed by atoms with Crippen LogP contribution in [-0.2, 0) is 4.79 Å². The molecule has 0 unspecified atom stereocenters. The van der Waals surface area contributed by atoms with Crippen LogP contribution in [0.15, 0.2) is 41.3 Å². The Balaban J connectivity index is 1.88. The first-order valence-electron chi connectivity index (χ1n) is 7.79. The van der Waals surface area contributed by atoms with Gasteiger partial charge in [-0.3, -0.25) is 9.59 Å². The van der Waals surface area contributed by atoms with Gasteiger partial charge >= 0.3 is 0 Å². The Labute approximate surface area is 155 Å². The van der Waals surface area contributed by atoms with Gasteiger partial charge in [0.25, 0.3) is 5.91 Å². The molecule has 7 heteroatoms. The molecule has 0 bridgehead atoms. The number of rotatable bonds is 3. The lowest BCUT2D eigenvalue weighted by atomic mass is 10.1. The monoisotopic (exact) mass is 375 g/mol. The van der Waals surface area contributed by atoms with Crippen molar-refractivity contribution >= 4 is 52.2 Å².